The number of carbonyl (C=O) groups is 2. The molecule has 1 aromatic rings. The van der Waals surface area contributed by atoms with E-state index >= 15 is 4.79 Å². The van der Waals surface area contributed by atoms with Gasteiger partial charge in [-0.25, -0.2) is 4.98 Å². The van der Waals surface area contributed by atoms with Gasteiger partial charge in [0.1, 0.15) is 5.82 Å². The van der Waals surface area contributed by atoms with Crippen molar-refractivity contribution in [2.24, 2.45) is 68.0 Å². The Morgan fingerprint density at radius 3 is 2.39 bits per heavy atom. The molecule has 0 spiro atoms. The van der Waals surface area contributed by atoms with Crippen molar-refractivity contribution >= 4 is 17.3 Å². The SMILES string of the molecule is C=C(/C=C\C)c1cnc([C@@H]2CCCN2C(=O)[C@]23CC[C@@H](C(=C)C)[C@@H]2[C@H]2CC[C@H]4C(C)(CC[C@H]5C(C)(C)/C(=C/C(=O)[C@@H](C)C(C)(C)CC)CC[C@@]54C)[C@]2(C)CC3)[nH]1. The maximum atomic E-state index is 15.5. The van der Waals surface area contributed by atoms with Crippen molar-refractivity contribution in [2.45, 2.75) is 166 Å². The number of hydrogen-bond acceptors (Lipinski definition) is 3. The lowest BCUT2D eigenvalue weighted by Crippen LogP contribution is -2.66. The van der Waals surface area contributed by atoms with Gasteiger partial charge in [0.25, 0.3) is 0 Å². The number of aromatic nitrogens is 2. The van der Waals surface area contributed by atoms with Crippen molar-refractivity contribution in [3.8, 4) is 0 Å². The van der Waals surface area contributed by atoms with Gasteiger partial charge < -0.3 is 9.88 Å². The zero-order valence-electron chi connectivity index (χ0n) is 37.4. The van der Waals surface area contributed by atoms with E-state index in [-0.39, 0.29) is 44.4 Å². The van der Waals surface area contributed by atoms with Gasteiger partial charge in [-0.15, -0.1) is 0 Å². The molecule has 0 radical (unpaired) electrons. The van der Waals surface area contributed by atoms with Gasteiger partial charge in [0.05, 0.1) is 23.3 Å². The van der Waals surface area contributed by atoms with Gasteiger partial charge in [-0.2, -0.15) is 0 Å². The first-order chi connectivity index (χ1) is 26.2. The van der Waals surface area contributed by atoms with Crippen molar-refractivity contribution in [3.63, 3.8) is 0 Å². The monoisotopic (exact) mass is 764 g/mol. The molecule has 6 aliphatic rings. The van der Waals surface area contributed by atoms with E-state index in [9.17, 15) is 4.79 Å². The number of carbonyl (C=O) groups excluding carboxylic acids is 2. The standard InChI is InChI=1S/C51H77N3O2/c1-14-17-33(5)38-31-52-44(53-38)39-18-16-29-54(39)45(56)51-26-22-36(32(3)4)43(51)37-19-20-42-48(11)24-21-35(30-40(55)34(6)46(7,8)15-2)47(9,10)41(48)23-25-50(42,13)49(37,12)27-28-51/h14,17,30-31,34,36-37,39,41-43H,3,5,15-16,18-29H2,1-2,4,6-13H3,(H,52,53)/b17-14-,35-30+/t34-,36+,37-,39+,41+,42-,43-,48+,49-,50?,51+/m1/s1. The second kappa shape index (κ2) is 14.2. The number of allylic oxidation sites excluding steroid dienone is 6. The first kappa shape index (κ1) is 41.5. The summed E-state index contributed by atoms with van der Waals surface area (Å²) in [6.07, 6.45) is 22.4. The molecule has 5 aliphatic carbocycles. The first-order valence-electron chi connectivity index (χ1n) is 22.8. The van der Waals surface area contributed by atoms with Gasteiger partial charge in [-0.05, 0) is 159 Å². The van der Waals surface area contributed by atoms with Gasteiger partial charge in [-0.1, -0.05) is 105 Å². The third-order valence-electron chi connectivity index (χ3n) is 19.4. The summed E-state index contributed by atoms with van der Waals surface area (Å²) in [6, 6.07) is -0.00409. The Hall–Kier alpha value is -2.69. The zero-order valence-corrected chi connectivity index (χ0v) is 37.4. The van der Waals surface area contributed by atoms with E-state index in [2.05, 4.69) is 98.4 Å². The molecule has 5 heteroatoms. The molecule has 0 aromatic carbocycles. The second-order valence-electron chi connectivity index (χ2n) is 22.1. The topological polar surface area (TPSA) is 66.1 Å². The van der Waals surface area contributed by atoms with Gasteiger partial charge in [-0.3, -0.25) is 9.59 Å². The largest absolute Gasteiger partial charge is 0.340 e. The van der Waals surface area contributed by atoms with E-state index in [0.29, 0.717) is 41.3 Å². The van der Waals surface area contributed by atoms with E-state index in [1.165, 1.54) is 43.3 Å². The van der Waals surface area contributed by atoms with Crippen LogP contribution in [0, 0.1) is 68.0 Å². The number of imidazole rings is 1. The van der Waals surface area contributed by atoms with Gasteiger partial charge in [0, 0.05) is 12.5 Å². The van der Waals surface area contributed by atoms with Crippen LogP contribution in [-0.4, -0.2) is 33.1 Å². The molecule has 1 unspecified atom stereocenters. The fraction of sp³-hybridized carbons (Fsp3) is 0.745. The zero-order chi connectivity index (χ0) is 40.8. The highest BCUT2D eigenvalue weighted by Crippen LogP contribution is 2.78. The maximum absolute atomic E-state index is 15.5. The molecule has 1 amide bonds. The number of hydrogen-bond donors (Lipinski definition) is 1. The van der Waals surface area contributed by atoms with Crippen LogP contribution in [0.2, 0.25) is 0 Å². The van der Waals surface area contributed by atoms with Crippen LogP contribution >= 0.6 is 0 Å². The first-order valence-corrected chi connectivity index (χ1v) is 22.8. The number of H-pyrrole nitrogens is 1. The van der Waals surface area contributed by atoms with E-state index in [1.54, 1.807) is 0 Å². The number of fused-ring (bicyclic) bond motifs is 7. The Kier molecular flexibility index (Phi) is 10.6. The molecule has 56 heavy (non-hydrogen) atoms. The number of nitrogens with zero attached hydrogens (tertiary/aromatic N) is 2. The average molecular weight is 764 g/mol. The second-order valence-corrected chi connectivity index (χ2v) is 22.1. The van der Waals surface area contributed by atoms with E-state index in [1.807, 2.05) is 25.3 Å². The number of likely N-dealkylation sites (tertiary alicyclic amines) is 1. The van der Waals surface area contributed by atoms with Crippen LogP contribution < -0.4 is 0 Å². The molecule has 5 nitrogen and oxygen atoms in total. The quantitative estimate of drug-likeness (QED) is 0.155. The molecule has 1 saturated heterocycles. The molecule has 6 fully saturated rings. The summed E-state index contributed by atoms with van der Waals surface area (Å²) in [4.78, 5) is 39.9. The molecule has 7 rings (SSSR count). The highest BCUT2D eigenvalue weighted by Gasteiger charge is 2.72. The van der Waals surface area contributed by atoms with Gasteiger partial charge in [0.15, 0.2) is 5.78 Å². The van der Waals surface area contributed by atoms with Crippen LogP contribution in [-0.2, 0) is 9.59 Å². The molecule has 11 atom stereocenters. The van der Waals surface area contributed by atoms with Crippen LogP contribution in [0.4, 0.5) is 0 Å². The molecule has 1 N–H and O–H groups in total. The third-order valence-corrected chi connectivity index (χ3v) is 19.4. The van der Waals surface area contributed by atoms with Crippen LogP contribution in [0.3, 0.4) is 0 Å². The molecule has 5 saturated carbocycles. The van der Waals surface area contributed by atoms with Crippen molar-refractivity contribution in [1.29, 1.82) is 0 Å². The minimum Gasteiger partial charge on any atom is -0.340 e. The summed E-state index contributed by atoms with van der Waals surface area (Å²) >= 11 is 0. The fourth-order valence-corrected chi connectivity index (χ4v) is 15.1. The number of ketones is 1. The predicted molar refractivity (Wildman–Crippen MR) is 231 cm³/mol. The Bertz CT molecular complexity index is 1810. The molecule has 1 aliphatic heterocycles. The van der Waals surface area contributed by atoms with E-state index in [4.69, 9.17) is 4.98 Å². The van der Waals surface area contributed by atoms with Crippen molar-refractivity contribution in [1.82, 2.24) is 14.9 Å². The number of aromatic amines is 1. The lowest BCUT2D eigenvalue weighted by atomic mass is 9.32. The Labute approximate surface area is 341 Å². The van der Waals surface area contributed by atoms with Crippen LogP contribution in [0.1, 0.15) is 177 Å². The lowest BCUT2D eigenvalue weighted by molar-refractivity contribution is -0.232. The number of amides is 1. The summed E-state index contributed by atoms with van der Waals surface area (Å²) in [5.74, 6) is 4.14. The molecule has 1 aromatic heterocycles. The van der Waals surface area contributed by atoms with E-state index < -0.39 is 0 Å². The molecular weight excluding hydrogens is 687 g/mol. The summed E-state index contributed by atoms with van der Waals surface area (Å²) in [7, 11) is 0. The van der Waals surface area contributed by atoms with Crippen LogP contribution in [0.25, 0.3) is 5.57 Å². The molecule has 2 heterocycles. The molecule has 308 valence electrons. The smallest absolute Gasteiger partial charge is 0.229 e. The van der Waals surface area contributed by atoms with Gasteiger partial charge in [0.2, 0.25) is 5.91 Å². The highest BCUT2D eigenvalue weighted by atomic mass is 16.2. The maximum Gasteiger partial charge on any atom is 0.229 e. The normalized spacial score (nSPS) is 40.5. The molecule has 0 bridgehead atoms. The summed E-state index contributed by atoms with van der Waals surface area (Å²) < 4.78 is 0. The van der Waals surface area contributed by atoms with Crippen molar-refractivity contribution < 1.29 is 9.59 Å². The van der Waals surface area contributed by atoms with E-state index in [0.717, 1.165) is 75.0 Å². The average Bonchev–Trinajstić information content (AvgIpc) is 3.92. The predicted octanol–water partition coefficient (Wildman–Crippen LogP) is 12.9. The van der Waals surface area contributed by atoms with Crippen LogP contribution in [0.5, 0.6) is 0 Å². The number of nitrogens with one attached hydrogen (secondary N) is 1. The van der Waals surface area contributed by atoms with Gasteiger partial charge >= 0.3 is 0 Å². The van der Waals surface area contributed by atoms with Crippen molar-refractivity contribution in [2.75, 3.05) is 6.54 Å². The third kappa shape index (κ3) is 5.98. The fourth-order valence-electron chi connectivity index (χ4n) is 15.1. The Morgan fingerprint density at radius 2 is 1.71 bits per heavy atom. The van der Waals surface area contributed by atoms with Crippen molar-refractivity contribution in [3.05, 3.63) is 60.2 Å². The lowest BCUT2D eigenvalue weighted by Gasteiger charge is -2.72. The summed E-state index contributed by atoms with van der Waals surface area (Å²) in [6.45, 7) is 35.8. The molecular formula is C51H77N3O2. The van der Waals surface area contributed by atoms with Crippen LogP contribution in [0.15, 0.2) is 48.7 Å². The highest BCUT2D eigenvalue weighted by molar-refractivity contribution is 5.93. The Balaban J connectivity index is 1.18. The number of rotatable bonds is 9. The Morgan fingerprint density at radius 1 is 0.982 bits per heavy atom. The summed E-state index contributed by atoms with van der Waals surface area (Å²) in [5.41, 5.74) is 4.84. The summed E-state index contributed by atoms with van der Waals surface area (Å²) in [5, 5.41) is 0. The minimum absolute atomic E-state index is 0.00340. The minimum atomic E-state index is -0.326.